The van der Waals surface area contributed by atoms with Crippen molar-refractivity contribution < 1.29 is 5.11 Å². The second-order valence-corrected chi connectivity index (χ2v) is 6.47. The topological polar surface area (TPSA) is 32.3 Å². The second kappa shape index (κ2) is 7.30. The quantitative estimate of drug-likeness (QED) is 0.789. The van der Waals surface area contributed by atoms with Crippen molar-refractivity contribution in [2.75, 3.05) is 6.54 Å². The molecular weight excluding hydrogens is 302 g/mol. The summed E-state index contributed by atoms with van der Waals surface area (Å²) in [5.41, 5.74) is 1.00. The third-order valence-corrected chi connectivity index (χ3v) is 4.68. The third-order valence-electron chi connectivity index (χ3n) is 4.19. The van der Waals surface area contributed by atoms with E-state index in [-0.39, 0.29) is 6.04 Å². The summed E-state index contributed by atoms with van der Waals surface area (Å²) < 4.78 is 1.02. The number of phenolic OH excluding ortho intramolecular Hbond substituents is 1. The fourth-order valence-corrected chi connectivity index (χ4v) is 3.42. The lowest BCUT2D eigenvalue weighted by Gasteiger charge is -2.20. The predicted octanol–water partition coefficient (Wildman–Crippen LogP) is 4.78. The van der Waals surface area contributed by atoms with Crippen molar-refractivity contribution >= 4 is 15.9 Å². The highest BCUT2D eigenvalue weighted by molar-refractivity contribution is 9.10. The smallest absolute Gasteiger partial charge is 0.120 e. The summed E-state index contributed by atoms with van der Waals surface area (Å²) in [7, 11) is 0. The number of benzene rings is 1. The summed E-state index contributed by atoms with van der Waals surface area (Å²) in [5, 5.41) is 13.6. The van der Waals surface area contributed by atoms with Gasteiger partial charge < -0.3 is 10.4 Å². The third kappa shape index (κ3) is 4.22. The van der Waals surface area contributed by atoms with Crippen LogP contribution in [0.2, 0.25) is 0 Å². The van der Waals surface area contributed by atoms with E-state index in [4.69, 9.17) is 0 Å². The highest BCUT2D eigenvalue weighted by Gasteiger charge is 2.17. The maximum absolute atomic E-state index is 9.99. The zero-order valence-corrected chi connectivity index (χ0v) is 13.2. The Morgan fingerprint density at radius 3 is 2.79 bits per heavy atom. The summed E-state index contributed by atoms with van der Waals surface area (Å²) >= 11 is 3.48. The van der Waals surface area contributed by atoms with E-state index in [1.54, 1.807) is 6.07 Å². The molecule has 1 fully saturated rings. The van der Waals surface area contributed by atoms with Crippen LogP contribution >= 0.6 is 15.9 Å². The zero-order chi connectivity index (χ0) is 13.7. The van der Waals surface area contributed by atoms with Gasteiger partial charge >= 0.3 is 0 Å². The second-order valence-electron chi connectivity index (χ2n) is 5.56. The summed E-state index contributed by atoms with van der Waals surface area (Å²) in [5.74, 6) is 1.31. The minimum absolute atomic E-state index is 0.249. The van der Waals surface area contributed by atoms with Gasteiger partial charge in [0, 0.05) is 16.1 Å². The van der Waals surface area contributed by atoms with Gasteiger partial charge in [-0.25, -0.2) is 0 Å². The normalized spacial score (nSPS) is 17.8. The maximum atomic E-state index is 9.99. The molecule has 1 atom stereocenters. The molecule has 0 spiro atoms. The van der Waals surface area contributed by atoms with Crippen LogP contribution in [0.15, 0.2) is 22.7 Å². The van der Waals surface area contributed by atoms with Gasteiger partial charge in [-0.1, -0.05) is 48.5 Å². The Kier molecular flexibility index (Phi) is 5.71. The fourth-order valence-electron chi connectivity index (χ4n) is 3.04. The molecule has 1 aliphatic rings. The largest absolute Gasteiger partial charge is 0.508 e. The average Bonchev–Trinajstić information content (AvgIpc) is 2.91. The van der Waals surface area contributed by atoms with Gasteiger partial charge in [0.15, 0.2) is 0 Å². The number of hydrogen-bond acceptors (Lipinski definition) is 2. The molecule has 0 heterocycles. The van der Waals surface area contributed by atoms with Crippen molar-refractivity contribution in [1.82, 2.24) is 5.32 Å². The lowest BCUT2D eigenvalue weighted by molar-refractivity contribution is 0.418. The minimum Gasteiger partial charge on any atom is -0.508 e. The standard InChI is InChI=1S/C16H24BrNO/c1-2-15(14-11-13(17)7-8-16(14)19)18-10-9-12-5-3-4-6-12/h7-8,11-12,15,18-19H,2-6,9-10H2,1H3. The number of rotatable bonds is 6. The molecule has 2 N–H and O–H groups in total. The summed E-state index contributed by atoms with van der Waals surface area (Å²) in [6, 6.07) is 5.91. The van der Waals surface area contributed by atoms with E-state index in [1.165, 1.54) is 32.1 Å². The van der Waals surface area contributed by atoms with Gasteiger partial charge in [0.1, 0.15) is 5.75 Å². The number of aromatic hydroxyl groups is 1. The molecule has 1 aliphatic carbocycles. The van der Waals surface area contributed by atoms with E-state index >= 15 is 0 Å². The summed E-state index contributed by atoms with van der Waals surface area (Å²) in [4.78, 5) is 0. The molecule has 2 rings (SSSR count). The molecule has 19 heavy (non-hydrogen) atoms. The average molecular weight is 326 g/mol. The van der Waals surface area contributed by atoms with E-state index in [2.05, 4.69) is 28.2 Å². The number of phenols is 1. The minimum atomic E-state index is 0.249. The Balaban J connectivity index is 1.89. The molecule has 0 radical (unpaired) electrons. The Morgan fingerprint density at radius 2 is 2.11 bits per heavy atom. The van der Waals surface area contributed by atoms with Crippen LogP contribution in [0.25, 0.3) is 0 Å². The Bertz CT molecular complexity index is 402. The molecule has 1 aromatic carbocycles. The van der Waals surface area contributed by atoms with Crippen LogP contribution in [0.5, 0.6) is 5.75 Å². The van der Waals surface area contributed by atoms with Crippen molar-refractivity contribution in [3.8, 4) is 5.75 Å². The monoisotopic (exact) mass is 325 g/mol. The first kappa shape index (κ1) is 14.9. The highest BCUT2D eigenvalue weighted by atomic mass is 79.9. The number of nitrogens with one attached hydrogen (secondary N) is 1. The van der Waals surface area contributed by atoms with Gasteiger partial charge in [0.2, 0.25) is 0 Å². The molecule has 0 amide bonds. The van der Waals surface area contributed by atoms with Crippen LogP contribution < -0.4 is 5.32 Å². The van der Waals surface area contributed by atoms with Crippen LogP contribution in [0.1, 0.15) is 57.1 Å². The van der Waals surface area contributed by atoms with Crippen molar-refractivity contribution in [3.63, 3.8) is 0 Å². The molecular formula is C16H24BrNO. The van der Waals surface area contributed by atoms with E-state index in [0.29, 0.717) is 5.75 Å². The van der Waals surface area contributed by atoms with E-state index in [0.717, 1.165) is 28.9 Å². The van der Waals surface area contributed by atoms with Crippen LogP contribution in [0.3, 0.4) is 0 Å². The lowest BCUT2D eigenvalue weighted by Crippen LogP contribution is -2.23. The van der Waals surface area contributed by atoms with Crippen LogP contribution in [-0.4, -0.2) is 11.7 Å². The van der Waals surface area contributed by atoms with E-state index in [9.17, 15) is 5.11 Å². The van der Waals surface area contributed by atoms with Gasteiger partial charge in [-0.05, 0) is 43.5 Å². The van der Waals surface area contributed by atoms with Crippen molar-refractivity contribution in [1.29, 1.82) is 0 Å². The van der Waals surface area contributed by atoms with Crippen molar-refractivity contribution in [2.24, 2.45) is 5.92 Å². The first-order chi connectivity index (χ1) is 9.20. The zero-order valence-electron chi connectivity index (χ0n) is 11.7. The predicted molar refractivity (Wildman–Crippen MR) is 83.4 cm³/mol. The number of hydrogen-bond donors (Lipinski definition) is 2. The molecule has 0 aromatic heterocycles. The first-order valence-corrected chi connectivity index (χ1v) is 8.21. The van der Waals surface area contributed by atoms with Gasteiger partial charge in [0.25, 0.3) is 0 Å². The fraction of sp³-hybridized carbons (Fsp3) is 0.625. The summed E-state index contributed by atoms with van der Waals surface area (Å²) in [6.45, 7) is 3.21. The van der Waals surface area contributed by atoms with Crippen LogP contribution in [-0.2, 0) is 0 Å². The van der Waals surface area contributed by atoms with Crippen LogP contribution in [0.4, 0.5) is 0 Å². The van der Waals surface area contributed by atoms with Crippen molar-refractivity contribution in [2.45, 2.75) is 51.5 Å². The lowest BCUT2D eigenvalue weighted by atomic mass is 10.0. The van der Waals surface area contributed by atoms with Gasteiger partial charge in [-0.2, -0.15) is 0 Å². The number of halogens is 1. The highest BCUT2D eigenvalue weighted by Crippen LogP contribution is 2.30. The van der Waals surface area contributed by atoms with Gasteiger partial charge in [-0.3, -0.25) is 0 Å². The molecule has 0 bridgehead atoms. The molecule has 1 aromatic rings. The molecule has 1 unspecified atom stereocenters. The first-order valence-electron chi connectivity index (χ1n) is 7.42. The van der Waals surface area contributed by atoms with E-state index in [1.807, 2.05) is 12.1 Å². The Morgan fingerprint density at radius 1 is 1.37 bits per heavy atom. The van der Waals surface area contributed by atoms with Crippen LogP contribution in [0, 0.1) is 5.92 Å². The molecule has 1 saturated carbocycles. The Hall–Kier alpha value is -0.540. The Labute approximate surface area is 124 Å². The van der Waals surface area contributed by atoms with Gasteiger partial charge in [-0.15, -0.1) is 0 Å². The molecule has 106 valence electrons. The van der Waals surface area contributed by atoms with Crippen molar-refractivity contribution in [3.05, 3.63) is 28.2 Å². The molecule has 3 heteroatoms. The maximum Gasteiger partial charge on any atom is 0.120 e. The molecule has 0 aliphatic heterocycles. The molecule has 2 nitrogen and oxygen atoms in total. The van der Waals surface area contributed by atoms with E-state index < -0.39 is 0 Å². The molecule has 0 saturated heterocycles. The van der Waals surface area contributed by atoms with Gasteiger partial charge in [0.05, 0.1) is 0 Å². The summed E-state index contributed by atoms with van der Waals surface area (Å²) in [6.07, 6.45) is 7.89. The SMILES string of the molecule is CCC(NCCC1CCCC1)c1cc(Br)ccc1O.